The minimum absolute atomic E-state index is 0.0914. The van der Waals surface area contributed by atoms with Crippen LogP contribution >= 0.6 is 0 Å². The molecule has 0 bridgehead atoms. The van der Waals surface area contributed by atoms with Gasteiger partial charge >= 0.3 is 0 Å². The van der Waals surface area contributed by atoms with Gasteiger partial charge in [-0.25, -0.2) is 4.39 Å². The Kier molecular flexibility index (Phi) is 3.94. The third-order valence-electron chi connectivity index (χ3n) is 3.42. The summed E-state index contributed by atoms with van der Waals surface area (Å²) in [6.07, 6.45) is 1.43. The van der Waals surface area contributed by atoms with Gasteiger partial charge in [-0.2, -0.15) is 0 Å². The Hall–Kier alpha value is -2.93. The van der Waals surface area contributed by atoms with Gasteiger partial charge in [0.1, 0.15) is 17.6 Å². The molecule has 3 rings (SSSR count). The van der Waals surface area contributed by atoms with E-state index < -0.39 is 23.3 Å². The van der Waals surface area contributed by atoms with Crippen molar-refractivity contribution in [1.82, 2.24) is 10.3 Å². The van der Waals surface area contributed by atoms with Crippen molar-refractivity contribution in [2.75, 3.05) is 6.61 Å². The van der Waals surface area contributed by atoms with Crippen molar-refractivity contribution in [3.63, 3.8) is 0 Å². The van der Waals surface area contributed by atoms with Crippen molar-refractivity contribution in [3.05, 3.63) is 70.2 Å². The van der Waals surface area contributed by atoms with Crippen LogP contribution in [0.1, 0.15) is 22.2 Å². The van der Waals surface area contributed by atoms with Gasteiger partial charge in [-0.15, -0.1) is 0 Å². The molecule has 6 nitrogen and oxygen atoms in total. The largest absolute Gasteiger partial charge is 0.467 e. The highest BCUT2D eigenvalue weighted by atomic mass is 19.1. The van der Waals surface area contributed by atoms with Crippen molar-refractivity contribution in [1.29, 1.82) is 0 Å². The van der Waals surface area contributed by atoms with Crippen molar-refractivity contribution in [2.45, 2.75) is 6.04 Å². The quantitative estimate of drug-likeness (QED) is 0.683. The van der Waals surface area contributed by atoms with Crippen LogP contribution < -0.4 is 10.9 Å². The molecule has 1 unspecified atom stereocenters. The summed E-state index contributed by atoms with van der Waals surface area (Å²) >= 11 is 0. The number of aromatic nitrogens is 1. The normalized spacial score (nSPS) is 12.3. The molecule has 1 aromatic carbocycles. The number of hydrogen-bond acceptors (Lipinski definition) is 4. The fourth-order valence-corrected chi connectivity index (χ4v) is 2.35. The van der Waals surface area contributed by atoms with Gasteiger partial charge in [0.15, 0.2) is 0 Å². The number of benzene rings is 1. The molecule has 0 aliphatic heterocycles. The lowest BCUT2D eigenvalue weighted by Crippen LogP contribution is -2.31. The van der Waals surface area contributed by atoms with E-state index >= 15 is 0 Å². The highest BCUT2D eigenvalue weighted by Gasteiger charge is 2.19. The summed E-state index contributed by atoms with van der Waals surface area (Å²) in [6, 6.07) is 7.40. The number of furan rings is 1. The smallest absolute Gasteiger partial charge is 0.252 e. The SMILES string of the molecule is O=C(NC(CO)c1ccco1)c1cc(=O)[nH]c2cc(F)ccc12. The Morgan fingerprint density at radius 1 is 1.35 bits per heavy atom. The van der Waals surface area contributed by atoms with Crippen LogP contribution in [-0.2, 0) is 0 Å². The third-order valence-corrected chi connectivity index (χ3v) is 3.42. The summed E-state index contributed by atoms with van der Waals surface area (Å²) in [4.78, 5) is 26.6. The molecule has 118 valence electrons. The molecule has 1 amide bonds. The molecular weight excluding hydrogens is 303 g/mol. The average Bonchev–Trinajstić information content (AvgIpc) is 3.05. The maximum Gasteiger partial charge on any atom is 0.252 e. The molecule has 3 aromatic rings. The first-order valence-corrected chi connectivity index (χ1v) is 6.86. The zero-order valence-corrected chi connectivity index (χ0v) is 11.9. The number of aromatic amines is 1. The fraction of sp³-hybridized carbons (Fsp3) is 0.125. The van der Waals surface area contributed by atoms with Crippen LogP contribution in [0.15, 0.2) is 51.9 Å². The Morgan fingerprint density at radius 3 is 2.87 bits per heavy atom. The van der Waals surface area contributed by atoms with Crippen LogP contribution in [0.2, 0.25) is 0 Å². The summed E-state index contributed by atoms with van der Waals surface area (Å²) < 4.78 is 18.4. The molecule has 0 aliphatic carbocycles. The summed E-state index contributed by atoms with van der Waals surface area (Å²) in [5, 5.41) is 12.4. The van der Waals surface area contributed by atoms with Crippen LogP contribution in [0.25, 0.3) is 10.9 Å². The van der Waals surface area contributed by atoms with Gasteiger partial charge in [0.25, 0.3) is 5.91 Å². The molecule has 7 heteroatoms. The average molecular weight is 316 g/mol. The van der Waals surface area contributed by atoms with Crippen LogP contribution in [0.3, 0.4) is 0 Å². The number of aliphatic hydroxyl groups is 1. The summed E-state index contributed by atoms with van der Waals surface area (Å²) in [6.45, 7) is -0.366. The van der Waals surface area contributed by atoms with Crippen LogP contribution in [0.4, 0.5) is 4.39 Å². The number of carbonyl (C=O) groups excluding carboxylic acids is 1. The molecule has 0 saturated heterocycles. The van der Waals surface area contributed by atoms with Crippen LogP contribution in [0, 0.1) is 5.82 Å². The van der Waals surface area contributed by atoms with Gasteiger partial charge in [-0.05, 0) is 30.3 Å². The fourth-order valence-electron chi connectivity index (χ4n) is 2.35. The first kappa shape index (κ1) is 15.0. The Morgan fingerprint density at radius 2 is 2.17 bits per heavy atom. The third kappa shape index (κ3) is 3.00. The van der Waals surface area contributed by atoms with Gasteiger partial charge in [0, 0.05) is 11.5 Å². The number of hydrogen-bond donors (Lipinski definition) is 3. The molecule has 0 spiro atoms. The molecule has 0 saturated carbocycles. The van der Waals surface area contributed by atoms with E-state index in [4.69, 9.17) is 4.42 Å². The van der Waals surface area contributed by atoms with E-state index in [1.807, 2.05) is 0 Å². The summed E-state index contributed by atoms with van der Waals surface area (Å²) in [5.41, 5.74) is -0.207. The molecule has 0 radical (unpaired) electrons. The number of H-pyrrole nitrogens is 1. The number of fused-ring (bicyclic) bond motifs is 1. The lowest BCUT2D eigenvalue weighted by atomic mass is 10.1. The molecule has 23 heavy (non-hydrogen) atoms. The summed E-state index contributed by atoms with van der Waals surface area (Å²) in [7, 11) is 0. The van der Waals surface area contributed by atoms with Gasteiger partial charge in [0.2, 0.25) is 5.56 Å². The highest BCUT2D eigenvalue weighted by Crippen LogP contribution is 2.18. The molecule has 3 N–H and O–H groups in total. The molecule has 0 fully saturated rings. The van der Waals surface area contributed by atoms with E-state index in [1.54, 1.807) is 12.1 Å². The highest BCUT2D eigenvalue weighted by molar-refractivity contribution is 6.06. The summed E-state index contributed by atoms with van der Waals surface area (Å²) in [5.74, 6) is -0.696. The minimum Gasteiger partial charge on any atom is -0.467 e. The Bertz CT molecular complexity index is 902. The van der Waals surface area contributed by atoms with Crippen LogP contribution in [0.5, 0.6) is 0 Å². The number of carbonyl (C=O) groups is 1. The molecule has 2 heterocycles. The Labute approximate surface area is 129 Å². The zero-order chi connectivity index (χ0) is 16.4. The maximum absolute atomic E-state index is 13.3. The predicted molar refractivity (Wildman–Crippen MR) is 80.5 cm³/mol. The van der Waals surface area contributed by atoms with Gasteiger partial charge < -0.3 is 19.8 Å². The predicted octanol–water partition coefficient (Wildman–Crippen LogP) is 1.72. The van der Waals surface area contributed by atoms with Gasteiger partial charge in [-0.1, -0.05) is 0 Å². The lowest BCUT2D eigenvalue weighted by Gasteiger charge is -2.14. The number of halogens is 1. The maximum atomic E-state index is 13.3. The molecular formula is C16H13FN2O4. The second kappa shape index (κ2) is 6.05. The number of amides is 1. The van der Waals surface area contributed by atoms with Crippen molar-refractivity contribution in [3.8, 4) is 0 Å². The number of pyridine rings is 1. The Balaban J connectivity index is 1.99. The van der Waals surface area contributed by atoms with Crippen molar-refractivity contribution in [2.24, 2.45) is 0 Å². The first-order valence-electron chi connectivity index (χ1n) is 6.86. The second-order valence-corrected chi connectivity index (χ2v) is 4.96. The first-order chi connectivity index (χ1) is 11.1. The van der Waals surface area contributed by atoms with Crippen molar-refractivity contribution < 1.29 is 18.7 Å². The lowest BCUT2D eigenvalue weighted by molar-refractivity contribution is 0.0909. The zero-order valence-electron chi connectivity index (χ0n) is 11.9. The second-order valence-electron chi connectivity index (χ2n) is 4.96. The van der Waals surface area contributed by atoms with E-state index in [0.717, 1.165) is 12.1 Å². The molecule has 2 aromatic heterocycles. The van der Waals surface area contributed by atoms with E-state index in [9.17, 15) is 19.1 Å². The number of rotatable bonds is 4. The van der Waals surface area contributed by atoms with E-state index in [1.165, 1.54) is 18.4 Å². The monoisotopic (exact) mass is 316 g/mol. The van der Waals surface area contributed by atoms with Crippen LogP contribution in [-0.4, -0.2) is 22.6 Å². The van der Waals surface area contributed by atoms with Gasteiger partial charge in [-0.3, -0.25) is 9.59 Å². The number of aliphatic hydroxyl groups excluding tert-OH is 1. The standard InChI is InChI=1S/C16H13FN2O4/c17-9-3-4-10-11(7-15(21)18-12(10)6-9)16(22)19-13(8-20)14-2-1-5-23-14/h1-7,13,20H,8H2,(H,18,21)(H,19,22). The van der Waals surface area contributed by atoms with E-state index in [-0.39, 0.29) is 17.7 Å². The van der Waals surface area contributed by atoms with E-state index in [2.05, 4.69) is 10.3 Å². The van der Waals surface area contributed by atoms with Gasteiger partial charge in [0.05, 0.1) is 24.0 Å². The number of nitrogens with one attached hydrogen (secondary N) is 2. The molecule has 0 aliphatic rings. The van der Waals surface area contributed by atoms with E-state index in [0.29, 0.717) is 11.1 Å². The topological polar surface area (TPSA) is 95.3 Å². The molecule has 1 atom stereocenters. The van der Waals surface area contributed by atoms with Crippen molar-refractivity contribution >= 4 is 16.8 Å². The minimum atomic E-state index is -0.743.